The van der Waals surface area contributed by atoms with Crippen LogP contribution >= 0.6 is 22.7 Å². The molecule has 0 aliphatic rings. The summed E-state index contributed by atoms with van der Waals surface area (Å²) >= 11 is 3.71. The van der Waals surface area contributed by atoms with Crippen LogP contribution in [-0.2, 0) is 30.3 Å². The third-order valence-corrected chi connectivity index (χ3v) is 13.6. The van der Waals surface area contributed by atoms with Crippen molar-refractivity contribution < 1.29 is 30.0 Å². The molecule has 0 amide bonds. The molecule has 1 radical (unpaired) electrons. The van der Waals surface area contributed by atoms with E-state index in [2.05, 4.69) is 83.1 Å². The number of aliphatic hydroxyl groups excluding tert-OH is 1. The topological polar surface area (TPSA) is 63.1 Å². The first-order valence-corrected chi connectivity index (χ1v) is 19.2. The van der Waals surface area contributed by atoms with Gasteiger partial charge in [-0.2, -0.15) is 0 Å². The zero-order valence-corrected chi connectivity index (χ0v) is 35.5. The Bertz CT molecular complexity index is 2190. The average Bonchev–Trinajstić information content (AvgIpc) is 3.63. The number of nitrogens with zero attached hydrogens (tertiary/aromatic N) is 2. The monoisotopic (exact) mass is 884 g/mol. The van der Waals surface area contributed by atoms with Crippen molar-refractivity contribution in [1.29, 1.82) is 0 Å². The summed E-state index contributed by atoms with van der Waals surface area (Å²) in [4.78, 5) is 23.1. The minimum atomic E-state index is -0.337. The number of allylic oxidation sites excluding steroid dienone is 2. The third-order valence-electron chi connectivity index (χ3n) is 11.0. The summed E-state index contributed by atoms with van der Waals surface area (Å²) < 4.78 is 3.83. The van der Waals surface area contributed by atoms with Gasteiger partial charge in [0.15, 0.2) is 5.78 Å². The van der Waals surface area contributed by atoms with Gasteiger partial charge in [0, 0.05) is 57.7 Å². The van der Waals surface area contributed by atoms with Crippen LogP contribution in [0.15, 0.2) is 60.6 Å². The van der Waals surface area contributed by atoms with Crippen molar-refractivity contribution in [1.82, 2.24) is 9.97 Å². The van der Waals surface area contributed by atoms with Crippen molar-refractivity contribution in [3.8, 4) is 11.3 Å². The molecule has 267 valence electrons. The standard InChI is InChI=1S/C28H23N2S2.C15H28O2.Ir/c1-15-16(2)31-25-19(15)10-11-21-24-27(32-26(21)25)23(29-14-30-24)18-12-17-8-6-7-9-20(17)22(13-18)28(3,4)5;1-7-14(5,8-2)12(16)11-13(17)15(6,9-3)10-4;/h6-11,13-14H,1-5H3;11,16H,7-10H2,1-6H3;/q-1;;/b;12-11-;. The largest absolute Gasteiger partial charge is 0.512 e. The van der Waals surface area contributed by atoms with Gasteiger partial charge < -0.3 is 5.11 Å². The minimum Gasteiger partial charge on any atom is -0.512 e. The maximum absolute atomic E-state index is 12.2. The number of aromatic nitrogens is 2. The van der Waals surface area contributed by atoms with Gasteiger partial charge in [-0.1, -0.05) is 104 Å². The fourth-order valence-electron chi connectivity index (χ4n) is 6.28. The van der Waals surface area contributed by atoms with E-state index in [9.17, 15) is 9.90 Å². The van der Waals surface area contributed by atoms with Crippen LogP contribution < -0.4 is 0 Å². The van der Waals surface area contributed by atoms with Crippen LogP contribution in [0.1, 0.15) is 104 Å². The van der Waals surface area contributed by atoms with Gasteiger partial charge >= 0.3 is 0 Å². The number of ketones is 1. The first kappa shape index (κ1) is 39.8. The Hall–Kier alpha value is -2.96. The number of rotatable bonds is 8. The van der Waals surface area contributed by atoms with Crippen molar-refractivity contribution in [2.24, 2.45) is 10.8 Å². The molecular formula is C43H51IrN2O2S2-. The molecule has 0 atom stereocenters. The quantitative estimate of drug-likeness (QED) is 0.0940. The van der Waals surface area contributed by atoms with Crippen LogP contribution in [0.4, 0.5) is 0 Å². The molecule has 3 aromatic heterocycles. The second kappa shape index (κ2) is 15.3. The number of benzene rings is 3. The van der Waals surface area contributed by atoms with E-state index in [0.717, 1.165) is 52.5 Å². The average molecular weight is 884 g/mol. The van der Waals surface area contributed by atoms with Crippen molar-refractivity contribution in [2.75, 3.05) is 0 Å². The molecule has 1 N–H and O–H groups in total. The van der Waals surface area contributed by atoms with E-state index in [1.807, 2.05) is 64.2 Å². The fraction of sp³-hybridized carbons (Fsp3) is 0.419. The maximum atomic E-state index is 12.2. The molecule has 0 aliphatic heterocycles. The molecule has 6 rings (SSSR count). The van der Waals surface area contributed by atoms with Crippen LogP contribution in [0, 0.1) is 30.7 Å². The zero-order valence-electron chi connectivity index (χ0n) is 31.4. The minimum absolute atomic E-state index is 0. The third kappa shape index (κ3) is 7.35. The van der Waals surface area contributed by atoms with Crippen LogP contribution in [-0.4, -0.2) is 20.9 Å². The molecule has 50 heavy (non-hydrogen) atoms. The molecule has 4 nitrogen and oxygen atoms in total. The van der Waals surface area contributed by atoms with Crippen molar-refractivity contribution in [2.45, 2.75) is 107 Å². The molecule has 0 fully saturated rings. The van der Waals surface area contributed by atoms with Gasteiger partial charge in [-0.3, -0.25) is 9.78 Å². The zero-order chi connectivity index (χ0) is 35.9. The number of thiophene rings is 2. The summed E-state index contributed by atoms with van der Waals surface area (Å²) in [6.45, 7) is 23.3. The first-order chi connectivity index (χ1) is 23.1. The molecule has 0 saturated heterocycles. The summed E-state index contributed by atoms with van der Waals surface area (Å²) in [6.07, 6.45) is 6.46. The Labute approximate surface area is 319 Å². The van der Waals surface area contributed by atoms with Crippen LogP contribution in [0.2, 0.25) is 0 Å². The van der Waals surface area contributed by atoms with Crippen LogP contribution in [0.5, 0.6) is 0 Å². The Morgan fingerprint density at radius 1 is 0.800 bits per heavy atom. The maximum Gasteiger partial charge on any atom is 0.164 e. The summed E-state index contributed by atoms with van der Waals surface area (Å²) in [5.74, 6) is 0.286. The van der Waals surface area contributed by atoms with Gasteiger partial charge in [-0.25, -0.2) is 4.98 Å². The summed E-state index contributed by atoms with van der Waals surface area (Å²) in [5.41, 5.74) is 5.19. The second-order valence-corrected chi connectivity index (χ2v) is 17.2. The van der Waals surface area contributed by atoms with E-state index in [-0.39, 0.29) is 47.9 Å². The van der Waals surface area contributed by atoms with E-state index in [1.165, 1.54) is 47.6 Å². The molecule has 0 bridgehead atoms. The first-order valence-electron chi connectivity index (χ1n) is 17.6. The molecule has 3 heterocycles. The number of carbonyl (C=O) groups is 1. The van der Waals surface area contributed by atoms with E-state index >= 15 is 0 Å². The molecule has 0 unspecified atom stereocenters. The number of hydrogen-bond acceptors (Lipinski definition) is 6. The Kier molecular flexibility index (Phi) is 12.2. The Balaban J connectivity index is 0.000000269. The molecule has 0 spiro atoms. The molecular weight excluding hydrogens is 833 g/mol. The van der Waals surface area contributed by atoms with E-state index in [0.29, 0.717) is 0 Å². The molecule has 3 aromatic carbocycles. The van der Waals surface area contributed by atoms with E-state index in [4.69, 9.17) is 9.97 Å². The predicted molar refractivity (Wildman–Crippen MR) is 213 cm³/mol. The van der Waals surface area contributed by atoms with Crippen molar-refractivity contribution in [3.05, 3.63) is 82.7 Å². The van der Waals surface area contributed by atoms with Gasteiger partial charge in [0.2, 0.25) is 0 Å². The van der Waals surface area contributed by atoms with Gasteiger partial charge in [0.05, 0.1) is 14.9 Å². The number of aliphatic hydroxyl groups is 1. The molecule has 0 aliphatic carbocycles. The van der Waals surface area contributed by atoms with Crippen molar-refractivity contribution >= 4 is 69.6 Å². The summed E-state index contributed by atoms with van der Waals surface area (Å²) in [6, 6.07) is 19.0. The van der Waals surface area contributed by atoms with Gasteiger partial charge in [0.1, 0.15) is 12.1 Å². The Morgan fingerprint density at radius 2 is 1.40 bits per heavy atom. The number of fused-ring (bicyclic) bond motifs is 6. The molecule has 7 heteroatoms. The fourth-order valence-corrected chi connectivity index (χ4v) is 8.84. The van der Waals surface area contributed by atoms with Crippen LogP contribution in [0.3, 0.4) is 0 Å². The van der Waals surface area contributed by atoms with Crippen molar-refractivity contribution in [3.63, 3.8) is 0 Å². The smallest absolute Gasteiger partial charge is 0.164 e. The number of aryl methyl sites for hydroxylation is 2. The molecule has 0 saturated carbocycles. The van der Waals surface area contributed by atoms with Gasteiger partial charge in [-0.05, 0) is 55.9 Å². The predicted octanol–water partition coefficient (Wildman–Crippen LogP) is 13.2. The van der Waals surface area contributed by atoms with Crippen LogP contribution in [0.25, 0.3) is 52.4 Å². The number of hydrogen-bond donors (Lipinski definition) is 1. The van der Waals surface area contributed by atoms with Gasteiger partial charge in [-0.15, -0.1) is 51.8 Å². The Morgan fingerprint density at radius 3 is 2.02 bits per heavy atom. The normalized spacial score (nSPS) is 12.7. The summed E-state index contributed by atoms with van der Waals surface area (Å²) in [5, 5.41) is 15.1. The van der Waals surface area contributed by atoms with E-state index in [1.54, 1.807) is 6.33 Å². The van der Waals surface area contributed by atoms with Gasteiger partial charge in [0.25, 0.3) is 0 Å². The summed E-state index contributed by atoms with van der Waals surface area (Å²) in [7, 11) is 0. The number of carbonyl (C=O) groups excluding carboxylic acids is 1. The SMILES string of the molecule is CCC(C)(CC)C(=O)/C=C(\O)C(C)(CC)CC.Cc1sc2c(ccc3c4ncnc(-c5[c-]c6ccccc6c(C(C)(C)C)c5)c4sc32)c1C.[Ir]. The second-order valence-electron chi connectivity index (χ2n) is 14.9. The van der Waals surface area contributed by atoms with E-state index < -0.39 is 0 Å². The molecule has 6 aromatic rings.